The fraction of sp³-hybridized carbons (Fsp3) is 0.182. The molecule has 1 aromatic carbocycles. The van der Waals surface area contributed by atoms with Gasteiger partial charge in [-0.1, -0.05) is 17.3 Å². The number of nitriles is 1. The van der Waals surface area contributed by atoms with Crippen LogP contribution in [0.1, 0.15) is 22.9 Å². The van der Waals surface area contributed by atoms with Crippen molar-refractivity contribution < 1.29 is 5.11 Å². The van der Waals surface area contributed by atoms with Crippen molar-refractivity contribution in [2.45, 2.75) is 6.10 Å². The van der Waals surface area contributed by atoms with E-state index in [1.165, 1.54) is 10.9 Å². The second-order valence-electron chi connectivity index (χ2n) is 3.42. The zero-order chi connectivity index (χ0) is 11.5. The van der Waals surface area contributed by atoms with E-state index < -0.39 is 6.10 Å². The molecule has 1 atom stereocenters. The fourth-order valence-electron chi connectivity index (χ4n) is 1.46. The van der Waals surface area contributed by atoms with Crippen LogP contribution >= 0.6 is 0 Å². The summed E-state index contributed by atoms with van der Waals surface area (Å²) in [6.07, 6.45) is 0.746. The SMILES string of the molecule is Cn1nncc1C(O)c1ccc(C#N)cc1. The van der Waals surface area contributed by atoms with Crippen LogP contribution in [0, 0.1) is 11.3 Å². The molecule has 5 nitrogen and oxygen atoms in total. The first-order chi connectivity index (χ1) is 7.72. The molecule has 80 valence electrons. The van der Waals surface area contributed by atoms with Gasteiger partial charge in [0.15, 0.2) is 0 Å². The van der Waals surface area contributed by atoms with E-state index in [1.54, 1.807) is 31.3 Å². The van der Waals surface area contributed by atoms with Gasteiger partial charge in [0.1, 0.15) is 6.10 Å². The first kappa shape index (κ1) is 10.3. The van der Waals surface area contributed by atoms with Crippen LogP contribution < -0.4 is 0 Å². The Bertz CT molecular complexity index is 524. The smallest absolute Gasteiger partial charge is 0.122 e. The number of aliphatic hydroxyl groups is 1. The lowest BCUT2D eigenvalue weighted by molar-refractivity contribution is 0.210. The van der Waals surface area contributed by atoms with Crippen LogP contribution in [0.5, 0.6) is 0 Å². The van der Waals surface area contributed by atoms with E-state index in [0.29, 0.717) is 16.8 Å². The molecule has 1 N–H and O–H groups in total. The van der Waals surface area contributed by atoms with Gasteiger partial charge in [0.2, 0.25) is 0 Å². The molecule has 0 radical (unpaired) electrons. The van der Waals surface area contributed by atoms with E-state index in [4.69, 9.17) is 5.26 Å². The quantitative estimate of drug-likeness (QED) is 0.801. The molecule has 0 saturated heterocycles. The molecule has 2 aromatic rings. The molecule has 0 aliphatic rings. The maximum Gasteiger partial charge on any atom is 0.122 e. The number of aryl methyl sites for hydroxylation is 1. The third kappa shape index (κ3) is 1.78. The highest BCUT2D eigenvalue weighted by atomic mass is 16.3. The van der Waals surface area contributed by atoms with E-state index in [2.05, 4.69) is 10.3 Å². The highest BCUT2D eigenvalue weighted by molar-refractivity contribution is 5.34. The predicted molar refractivity (Wildman–Crippen MR) is 56.2 cm³/mol. The van der Waals surface area contributed by atoms with Gasteiger partial charge in [0, 0.05) is 7.05 Å². The zero-order valence-corrected chi connectivity index (χ0v) is 8.70. The Balaban J connectivity index is 2.31. The van der Waals surface area contributed by atoms with Gasteiger partial charge in [-0.25, -0.2) is 4.68 Å². The molecular formula is C11H10N4O. The summed E-state index contributed by atoms with van der Waals surface area (Å²) in [6, 6.07) is 8.80. The summed E-state index contributed by atoms with van der Waals surface area (Å²) in [4.78, 5) is 0. The standard InChI is InChI=1S/C11H10N4O/c1-15-10(7-13-14-15)11(16)9-4-2-8(6-12)3-5-9/h2-5,7,11,16H,1H3. The minimum Gasteiger partial charge on any atom is -0.382 e. The Morgan fingerprint density at radius 3 is 2.56 bits per heavy atom. The topological polar surface area (TPSA) is 74.7 Å². The molecule has 0 spiro atoms. The van der Waals surface area contributed by atoms with Crippen LogP contribution in [-0.4, -0.2) is 20.1 Å². The highest BCUT2D eigenvalue weighted by Crippen LogP contribution is 2.20. The number of hydrogen-bond donors (Lipinski definition) is 1. The van der Waals surface area contributed by atoms with E-state index in [-0.39, 0.29) is 0 Å². The van der Waals surface area contributed by atoms with Gasteiger partial charge in [-0.2, -0.15) is 5.26 Å². The minimum atomic E-state index is -0.771. The van der Waals surface area contributed by atoms with Gasteiger partial charge in [-0.05, 0) is 17.7 Å². The van der Waals surface area contributed by atoms with Crippen LogP contribution in [0.4, 0.5) is 0 Å². The molecule has 0 bridgehead atoms. The number of hydrogen-bond acceptors (Lipinski definition) is 4. The van der Waals surface area contributed by atoms with Crippen molar-refractivity contribution in [3.05, 3.63) is 47.3 Å². The molecule has 1 aromatic heterocycles. The Labute approximate surface area is 92.6 Å². The van der Waals surface area contributed by atoms with Gasteiger partial charge >= 0.3 is 0 Å². The van der Waals surface area contributed by atoms with Gasteiger partial charge < -0.3 is 5.11 Å². The van der Waals surface area contributed by atoms with Gasteiger partial charge in [-0.3, -0.25) is 0 Å². The molecule has 5 heteroatoms. The van der Waals surface area contributed by atoms with Gasteiger partial charge in [0.25, 0.3) is 0 Å². The normalized spacial score (nSPS) is 12.1. The average molecular weight is 214 g/mol. The molecule has 16 heavy (non-hydrogen) atoms. The predicted octanol–water partition coefficient (Wildman–Crippen LogP) is 0.768. The van der Waals surface area contributed by atoms with E-state index in [9.17, 15) is 5.11 Å². The van der Waals surface area contributed by atoms with Gasteiger partial charge in [0.05, 0.1) is 23.5 Å². The first-order valence-corrected chi connectivity index (χ1v) is 4.75. The maximum atomic E-state index is 10.0. The van der Waals surface area contributed by atoms with E-state index in [1.807, 2.05) is 6.07 Å². The molecule has 0 aliphatic carbocycles. The van der Waals surface area contributed by atoms with Gasteiger partial charge in [-0.15, -0.1) is 5.10 Å². The van der Waals surface area contributed by atoms with Crippen molar-refractivity contribution >= 4 is 0 Å². The zero-order valence-electron chi connectivity index (χ0n) is 8.70. The third-order valence-corrected chi connectivity index (χ3v) is 2.39. The van der Waals surface area contributed by atoms with Crippen LogP contribution in [0.15, 0.2) is 30.5 Å². The monoisotopic (exact) mass is 214 g/mol. The lowest BCUT2D eigenvalue weighted by Gasteiger charge is -2.10. The van der Waals surface area contributed by atoms with Crippen molar-refractivity contribution in [3.63, 3.8) is 0 Å². The van der Waals surface area contributed by atoms with Crippen molar-refractivity contribution in [1.29, 1.82) is 5.26 Å². The van der Waals surface area contributed by atoms with Crippen molar-refractivity contribution in [3.8, 4) is 6.07 Å². The molecule has 0 fully saturated rings. The summed E-state index contributed by atoms with van der Waals surface area (Å²) >= 11 is 0. The minimum absolute atomic E-state index is 0.569. The molecule has 2 rings (SSSR count). The second kappa shape index (κ2) is 4.13. The number of nitrogens with zero attached hydrogens (tertiary/aromatic N) is 4. The largest absolute Gasteiger partial charge is 0.382 e. The summed E-state index contributed by atoms with van der Waals surface area (Å²) in [6.45, 7) is 0. The highest BCUT2D eigenvalue weighted by Gasteiger charge is 2.14. The Morgan fingerprint density at radius 1 is 1.38 bits per heavy atom. The molecule has 1 unspecified atom stereocenters. The number of benzene rings is 1. The lowest BCUT2D eigenvalue weighted by atomic mass is 10.1. The molecular weight excluding hydrogens is 204 g/mol. The van der Waals surface area contributed by atoms with Crippen molar-refractivity contribution in [2.24, 2.45) is 7.05 Å². The van der Waals surface area contributed by atoms with Crippen LogP contribution in [0.3, 0.4) is 0 Å². The van der Waals surface area contributed by atoms with Crippen molar-refractivity contribution in [1.82, 2.24) is 15.0 Å². The van der Waals surface area contributed by atoms with Crippen LogP contribution in [-0.2, 0) is 7.05 Å². The van der Waals surface area contributed by atoms with Crippen LogP contribution in [0.25, 0.3) is 0 Å². The Kier molecular flexibility index (Phi) is 2.66. The first-order valence-electron chi connectivity index (χ1n) is 4.75. The second-order valence-corrected chi connectivity index (χ2v) is 3.42. The van der Waals surface area contributed by atoms with E-state index in [0.717, 1.165) is 0 Å². The summed E-state index contributed by atoms with van der Waals surface area (Å²) in [5.74, 6) is 0. The molecule has 0 amide bonds. The third-order valence-electron chi connectivity index (χ3n) is 2.39. The van der Waals surface area contributed by atoms with E-state index >= 15 is 0 Å². The maximum absolute atomic E-state index is 10.0. The lowest BCUT2D eigenvalue weighted by Crippen LogP contribution is -2.06. The number of aliphatic hydroxyl groups excluding tert-OH is 1. The number of aromatic nitrogens is 3. The molecule has 1 heterocycles. The summed E-state index contributed by atoms with van der Waals surface area (Å²) in [7, 11) is 1.72. The van der Waals surface area contributed by atoms with Crippen LogP contribution in [0.2, 0.25) is 0 Å². The summed E-state index contributed by atoms with van der Waals surface area (Å²) < 4.78 is 1.52. The molecule has 0 aliphatic heterocycles. The number of rotatable bonds is 2. The van der Waals surface area contributed by atoms with Crippen molar-refractivity contribution in [2.75, 3.05) is 0 Å². The Morgan fingerprint density at radius 2 is 2.06 bits per heavy atom. The summed E-state index contributed by atoms with van der Waals surface area (Å²) in [5, 5.41) is 26.2. The summed E-state index contributed by atoms with van der Waals surface area (Å²) in [5.41, 5.74) is 1.90. The average Bonchev–Trinajstić information content (AvgIpc) is 2.75. The Hall–Kier alpha value is -2.19. The molecule has 0 saturated carbocycles. The fourth-order valence-corrected chi connectivity index (χ4v) is 1.46.